The smallest absolute Gasteiger partial charge is 0.255 e. The second-order valence-corrected chi connectivity index (χ2v) is 8.16. The van der Waals surface area contributed by atoms with Gasteiger partial charge in [-0.2, -0.15) is 0 Å². The van der Waals surface area contributed by atoms with Crippen LogP contribution in [0, 0.1) is 0 Å². The highest BCUT2D eigenvalue weighted by Gasteiger charge is 2.25. The lowest BCUT2D eigenvalue weighted by Gasteiger charge is -2.35. The van der Waals surface area contributed by atoms with Crippen molar-refractivity contribution in [3.05, 3.63) is 42.2 Å². The Morgan fingerprint density at radius 3 is 2.60 bits per heavy atom. The highest BCUT2D eigenvalue weighted by molar-refractivity contribution is 5.96. The number of fused-ring (bicyclic) bond motifs is 1. The van der Waals surface area contributed by atoms with E-state index in [1.165, 1.54) is 25.7 Å². The highest BCUT2D eigenvalue weighted by atomic mass is 16.2. The van der Waals surface area contributed by atoms with Crippen LogP contribution in [-0.2, 0) is 6.42 Å². The van der Waals surface area contributed by atoms with Crippen LogP contribution in [0.4, 0.5) is 5.82 Å². The fourth-order valence-corrected chi connectivity index (χ4v) is 4.56. The molecule has 1 saturated carbocycles. The lowest BCUT2D eigenvalue weighted by atomic mass is 10.2. The Balaban J connectivity index is 1.27. The van der Waals surface area contributed by atoms with E-state index in [9.17, 15) is 4.79 Å². The molecule has 2 aliphatic rings. The van der Waals surface area contributed by atoms with Crippen molar-refractivity contribution in [3.63, 3.8) is 0 Å². The normalized spacial score (nSPS) is 17.8. The molecular formula is C22H27N7O. The largest absolute Gasteiger partial charge is 0.353 e. The number of rotatable bonds is 4. The molecule has 1 saturated heterocycles. The molecule has 30 heavy (non-hydrogen) atoms. The topological polar surface area (TPSA) is 80.0 Å². The molecule has 156 valence electrons. The molecule has 0 radical (unpaired) electrons. The van der Waals surface area contributed by atoms with Crippen LogP contribution in [0.2, 0.25) is 0 Å². The summed E-state index contributed by atoms with van der Waals surface area (Å²) in [5.74, 6) is 0.964. The quantitative estimate of drug-likeness (QED) is 0.664. The predicted molar refractivity (Wildman–Crippen MR) is 115 cm³/mol. The van der Waals surface area contributed by atoms with Gasteiger partial charge in [-0.25, -0.2) is 19.9 Å². The number of piperazine rings is 1. The third-order valence-electron chi connectivity index (χ3n) is 6.34. The van der Waals surface area contributed by atoms with E-state index in [0.29, 0.717) is 24.7 Å². The second kappa shape index (κ2) is 8.01. The van der Waals surface area contributed by atoms with Crippen molar-refractivity contribution in [2.24, 2.45) is 0 Å². The van der Waals surface area contributed by atoms with Gasteiger partial charge in [-0.1, -0.05) is 19.8 Å². The van der Waals surface area contributed by atoms with Crippen molar-refractivity contribution in [1.29, 1.82) is 0 Å². The molecule has 8 nitrogen and oxygen atoms in total. The molecule has 0 unspecified atom stereocenters. The minimum Gasteiger partial charge on any atom is -0.353 e. The average molecular weight is 406 g/mol. The van der Waals surface area contributed by atoms with Gasteiger partial charge < -0.3 is 14.4 Å². The van der Waals surface area contributed by atoms with E-state index in [1.54, 1.807) is 12.5 Å². The summed E-state index contributed by atoms with van der Waals surface area (Å²) < 4.78 is 2.18. The monoisotopic (exact) mass is 405 g/mol. The Kier molecular flexibility index (Phi) is 5.06. The number of hydrogen-bond acceptors (Lipinski definition) is 6. The molecular weight excluding hydrogens is 378 g/mol. The number of carbonyl (C=O) groups is 1. The number of aromatic nitrogens is 5. The fourth-order valence-electron chi connectivity index (χ4n) is 4.56. The minimum atomic E-state index is 0.0244. The Bertz CT molecular complexity index is 1050. The summed E-state index contributed by atoms with van der Waals surface area (Å²) in [5.41, 5.74) is 3.34. The van der Waals surface area contributed by atoms with Crippen LogP contribution >= 0.6 is 0 Å². The number of amides is 1. The molecule has 1 aliphatic carbocycles. The molecule has 0 aromatic carbocycles. The van der Waals surface area contributed by atoms with Crippen molar-refractivity contribution in [3.8, 4) is 0 Å². The van der Waals surface area contributed by atoms with Crippen LogP contribution in [0.1, 0.15) is 54.7 Å². The Morgan fingerprint density at radius 2 is 1.83 bits per heavy atom. The van der Waals surface area contributed by atoms with Crippen molar-refractivity contribution in [1.82, 2.24) is 29.4 Å². The third kappa shape index (κ3) is 3.51. The van der Waals surface area contributed by atoms with Crippen molar-refractivity contribution >= 4 is 22.9 Å². The standard InChI is InChI=1S/C22H27N7O/c1-2-17-12-20(25-14-24-17)27-7-9-28(10-8-27)22(30)16-11-19-21(23-13-16)29(15-26-19)18-5-3-4-6-18/h11-15,18H,2-10H2,1H3. The van der Waals surface area contributed by atoms with Gasteiger partial charge in [-0.15, -0.1) is 0 Å². The van der Waals surface area contributed by atoms with Gasteiger partial charge >= 0.3 is 0 Å². The van der Waals surface area contributed by atoms with Crippen LogP contribution in [0.3, 0.4) is 0 Å². The van der Waals surface area contributed by atoms with Crippen LogP contribution in [0.25, 0.3) is 11.2 Å². The fraction of sp³-hybridized carbons (Fsp3) is 0.500. The van der Waals surface area contributed by atoms with E-state index < -0.39 is 0 Å². The van der Waals surface area contributed by atoms with Crippen molar-refractivity contribution in [2.75, 3.05) is 31.1 Å². The summed E-state index contributed by atoms with van der Waals surface area (Å²) in [6.45, 7) is 4.94. The van der Waals surface area contributed by atoms with E-state index in [1.807, 2.05) is 23.4 Å². The first-order chi connectivity index (χ1) is 14.7. The summed E-state index contributed by atoms with van der Waals surface area (Å²) in [7, 11) is 0. The van der Waals surface area contributed by atoms with E-state index in [0.717, 1.165) is 42.2 Å². The second-order valence-electron chi connectivity index (χ2n) is 8.16. The molecule has 0 atom stereocenters. The molecule has 0 bridgehead atoms. The van der Waals surface area contributed by atoms with Crippen LogP contribution in [-0.4, -0.2) is 61.5 Å². The number of anilines is 1. The minimum absolute atomic E-state index is 0.0244. The summed E-state index contributed by atoms with van der Waals surface area (Å²) in [4.78, 5) is 35.0. The van der Waals surface area contributed by atoms with E-state index in [4.69, 9.17) is 0 Å². The summed E-state index contributed by atoms with van der Waals surface area (Å²) >= 11 is 0. The van der Waals surface area contributed by atoms with Crippen LogP contribution in [0.15, 0.2) is 31.0 Å². The Hall–Kier alpha value is -3.03. The molecule has 3 aromatic rings. The first kappa shape index (κ1) is 19.0. The molecule has 0 N–H and O–H groups in total. The lowest BCUT2D eigenvalue weighted by Crippen LogP contribution is -2.49. The number of imidazole rings is 1. The van der Waals surface area contributed by atoms with Gasteiger partial charge in [0.15, 0.2) is 5.65 Å². The maximum Gasteiger partial charge on any atom is 0.255 e. The molecule has 4 heterocycles. The summed E-state index contributed by atoms with van der Waals surface area (Å²) in [6, 6.07) is 4.42. The van der Waals surface area contributed by atoms with Gasteiger partial charge in [-0.05, 0) is 25.3 Å². The maximum absolute atomic E-state index is 13.1. The van der Waals surface area contributed by atoms with E-state index in [2.05, 4.69) is 36.3 Å². The number of carbonyl (C=O) groups excluding carboxylic acids is 1. The zero-order valence-electron chi connectivity index (χ0n) is 17.4. The SMILES string of the molecule is CCc1cc(N2CCN(C(=O)c3cnc4c(c3)ncn4C3CCCC3)CC2)ncn1. The molecule has 5 rings (SSSR count). The Labute approximate surface area is 176 Å². The van der Waals surface area contributed by atoms with Crippen LogP contribution < -0.4 is 4.90 Å². The first-order valence-electron chi connectivity index (χ1n) is 10.9. The Morgan fingerprint density at radius 1 is 1.03 bits per heavy atom. The molecule has 0 spiro atoms. The van der Waals surface area contributed by atoms with Gasteiger partial charge in [0.05, 0.1) is 11.9 Å². The predicted octanol–water partition coefficient (Wildman–Crippen LogP) is 2.86. The van der Waals surface area contributed by atoms with E-state index >= 15 is 0 Å². The van der Waals surface area contributed by atoms with Gasteiger partial charge in [-0.3, -0.25) is 4.79 Å². The third-order valence-corrected chi connectivity index (χ3v) is 6.34. The molecule has 1 amide bonds. The van der Waals surface area contributed by atoms with Crippen molar-refractivity contribution < 1.29 is 4.79 Å². The summed E-state index contributed by atoms with van der Waals surface area (Å²) in [6.07, 6.45) is 11.0. The number of aryl methyl sites for hydroxylation is 1. The van der Waals surface area contributed by atoms with Gasteiger partial charge in [0, 0.05) is 50.2 Å². The summed E-state index contributed by atoms with van der Waals surface area (Å²) in [5, 5.41) is 0. The molecule has 1 aliphatic heterocycles. The lowest BCUT2D eigenvalue weighted by molar-refractivity contribution is 0.0746. The molecule has 8 heteroatoms. The van der Waals surface area contributed by atoms with E-state index in [-0.39, 0.29) is 5.91 Å². The van der Waals surface area contributed by atoms with Gasteiger partial charge in [0.2, 0.25) is 0 Å². The van der Waals surface area contributed by atoms with Gasteiger partial charge in [0.25, 0.3) is 5.91 Å². The zero-order valence-corrected chi connectivity index (χ0v) is 17.4. The maximum atomic E-state index is 13.1. The number of hydrogen-bond donors (Lipinski definition) is 0. The van der Waals surface area contributed by atoms with Gasteiger partial charge in [0.1, 0.15) is 17.7 Å². The number of nitrogens with zero attached hydrogens (tertiary/aromatic N) is 7. The number of pyridine rings is 1. The van der Waals surface area contributed by atoms with Crippen LogP contribution in [0.5, 0.6) is 0 Å². The zero-order chi connectivity index (χ0) is 20.5. The average Bonchev–Trinajstić information content (AvgIpc) is 3.48. The molecule has 3 aromatic heterocycles. The first-order valence-corrected chi connectivity index (χ1v) is 10.9. The highest BCUT2D eigenvalue weighted by Crippen LogP contribution is 2.31. The van der Waals surface area contributed by atoms with Crippen molar-refractivity contribution in [2.45, 2.75) is 45.1 Å². The molecule has 2 fully saturated rings.